The second kappa shape index (κ2) is 5.93. The molecule has 0 bridgehead atoms. The smallest absolute Gasteiger partial charge is 0.135 e. The van der Waals surface area contributed by atoms with Crippen LogP contribution in [0.2, 0.25) is 0 Å². The number of hydrogen-bond acceptors (Lipinski definition) is 4. The third-order valence-corrected chi connectivity index (χ3v) is 2.79. The topological polar surface area (TPSA) is 47.0 Å². The number of halogens is 1. The Morgan fingerprint density at radius 3 is 2.78 bits per heavy atom. The average Bonchev–Trinajstić information content (AvgIpc) is 2.30. The van der Waals surface area contributed by atoms with Crippen molar-refractivity contribution in [1.82, 2.24) is 9.97 Å². The number of aryl methyl sites for hydroxylation is 1. The molecule has 0 aliphatic heterocycles. The molecule has 1 N–H and O–H groups in total. The molecule has 0 spiro atoms. The zero-order valence-corrected chi connectivity index (χ0v) is 11.9. The Labute approximate surface area is 115 Å². The summed E-state index contributed by atoms with van der Waals surface area (Å²) in [5.41, 5.74) is 2.08. The van der Waals surface area contributed by atoms with Crippen LogP contribution in [0.1, 0.15) is 11.4 Å². The molecule has 4 nitrogen and oxygen atoms in total. The highest BCUT2D eigenvalue weighted by molar-refractivity contribution is 9.10. The van der Waals surface area contributed by atoms with Crippen LogP contribution in [0.3, 0.4) is 0 Å². The number of hydrogen-bond donors (Lipinski definition) is 1. The molecule has 0 amide bonds. The van der Waals surface area contributed by atoms with Gasteiger partial charge in [-0.1, -0.05) is 18.2 Å². The Kier molecular flexibility index (Phi) is 4.28. The maximum Gasteiger partial charge on any atom is 0.135 e. The zero-order valence-electron chi connectivity index (χ0n) is 10.3. The van der Waals surface area contributed by atoms with Crippen LogP contribution in [-0.4, -0.2) is 17.1 Å². The van der Waals surface area contributed by atoms with Crippen LogP contribution in [0.4, 0.5) is 11.5 Å². The van der Waals surface area contributed by atoms with Gasteiger partial charge < -0.3 is 10.1 Å². The quantitative estimate of drug-likeness (QED) is 0.879. The molecule has 0 atom stereocenters. The molecule has 2 aromatic rings. The molecule has 0 saturated carbocycles. The first-order valence-corrected chi connectivity index (χ1v) is 6.33. The van der Waals surface area contributed by atoms with Crippen molar-refractivity contribution in [1.29, 1.82) is 0 Å². The monoisotopic (exact) mass is 307 g/mol. The Hall–Kier alpha value is -1.46. The molecule has 94 valence electrons. The van der Waals surface area contributed by atoms with Crippen LogP contribution in [0.5, 0.6) is 0 Å². The van der Waals surface area contributed by atoms with Gasteiger partial charge in [0, 0.05) is 24.4 Å². The number of para-hydroxylation sites is 1. The van der Waals surface area contributed by atoms with Crippen molar-refractivity contribution in [2.45, 2.75) is 13.5 Å². The van der Waals surface area contributed by atoms with Gasteiger partial charge >= 0.3 is 0 Å². The molecule has 5 heteroatoms. The predicted molar refractivity (Wildman–Crippen MR) is 74.9 cm³/mol. The molecule has 0 fully saturated rings. The van der Waals surface area contributed by atoms with Gasteiger partial charge in [-0.05, 0) is 28.9 Å². The number of anilines is 2. The van der Waals surface area contributed by atoms with Gasteiger partial charge in [0.05, 0.1) is 6.61 Å². The third-order valence-electron chi connectivity index (χ3n) is 2.39. The van der Waals surface area contributed by atoms with Crippen molar-refractivity contribution in [3.63, 3.8) is 0 Å². The van der Waals surface area contributed by atoms with Gasteiger partial charge in [0.2, 0.25) is 0 Å². The van der Waals surface area contributed by atoms with E-state index >= 15 is 0 Å². The molecule has 0 aliphatic carbocycles. The van der Waals surface area contributed by atoms with Gasteiger partial charge in [-0.15, -0.1) is 0 Å². The fourth-order valence-corrected chi connectivity index (χ4v) is 2.13. The van der Waals surface area contributed by atoms with E-state index in [0.29, 0.717) is 6.61 Å². The van der Waals surface area contributed by atoms with E-state index in [2.05, 4.69) is 31.2 Å². The summed E-state index contributed by atoms with van der Waals surface area (Å²) in [5.74, 6) is 1.48. The standard InChI is InChI=1S/C13H14BrN3O/c1-9-15-12(14)7-13(16-9)17-11-6-4-3-5-10(11)8-18-2/h3-7H,8H2,1-2H3,(H,15,16,17). The Balaban J connectivity index is 2.27. The summed E-state index contributed by atoms with van der Waals surface area (Å²) in [5, 5.41) is 3.28. The van der Waals surface area contributed by atoms with Crippen LogP contribution in [0.25, 0.3) is 0 Å². The number of benzene rings is 1. The SMILES string of the molecule is COCc1ccccc1Nc1cc(Br)nc(C)n1. The molecule has 0 saturated heterocycles. The minimum atomic E-state index is 0.564. The van der Waals surface area contributed by atoms with E-state index in [0.717, 1.165) is 27.5 Å². The minimum absolute atomic E-state index is 0.564. The first-order chi connectivity index (χ1) is 8.69. The van der Waals surface area contributed by atoms with Crippen LogP contribution >= 0.6 is 15.9 Å². The fraction of sp³-hybridized carbons (Fsp3) is 0.231. The maximum absolute atomic E-state index is 5.17. The molecule has 0 unspecified atom stereocenters. The molecule has 18 heavy (non-hydrogen) atoms. The van der Waals surface area contributed by atoms with E-state index < -0.39 is 0 Å². The summed E-state index contributed by atoms with van der Waals surface area (Å²) < 4.78 is 5.94. The molecule has 0 radical (unpaired) electrons. The van der Waals surface area contributed by atoms with Gasteiger partial charge in [-0.3, -0.25) is 0 Å². The van der Waals surface area contributed by atoms with Crippen LogP contribution < -0.4 is 5.32 Å². The molecule has 0 aliphatic rings. The molecular weight excluding hydrogens is 294 g/mol. The summed E-state index contributed by atoms with van der Waals surface area (Å²) in [4.78, 5) is 8.51. The van der Waals surface area contributed by atoms with Gasteiger partial charge in [-0.25, -0.2) is 9.97 Å². The van der Waals surface area contributed by atoms with Gasteiger partial charge in [0.1, 0.15) is 16.2 Å². The normalized spacial score (nSPS) is 10.4. The summed E-state index contributed by atoms with van der Waals surface area (Å²) in [6.07, 6.45) is 0. The second-order valence-electron chi connectivity index (χ2n) is 3.84. The van der Waals surface area contributed by atoms with Crippen molar-refractivity contribution >= 4 is 27.4 Å². The van der Waals surface area contributed by atoms with Crippen LogP contribution in [0, 0.1) is 6.92 Å². The molecule has 2 rings (SSSR count). The average molecular weight is 308 g/mol. The minimum Gasteiger partial charge on any atom is -0.380 e. The number of aromatic nitrogens is 2. The Morgan fingerprint density at radius 1 is 1.28 bits per heavy atom. The number of rotatable bonds is 4. The lowest BCUT2D eigenvalue weighted by molar-refractivity contribution is 0.185. The zero-order chi connectivity index (χ0) is 13.0. The number of nitrogens with one attached hydrogen (secondary N) is 1. The first kappa shape index (κ1) is 13.0. The van der Waals surface area contributed by atoms with E-state index in [1.807, 2.05) is 37.3 Å². The van der Waals surface area contributed by atoms with Crippen molar-refractivity contribution in [2.75, 3.05) is 12.4 Å². The van der Waals surface area contributed by atoms with Crippen LogP contribution in [0.15, 0.2) is 34.9 Å². The highest BCUT2D eigenvalue weighted by Gasteiger charge is 2.04. The molecular formula is C13H14BrN3O. The van der Waals surface area contributed by atoms with Crippen molar-refractivity contribution < 1.29 is 4.74 Å². The molecule has 1 aromatic heterocycles. The van der Waals surface area contributed by atoms with Crippen molar-refractivity contribution in [3.05, 3.63) is 46.3 Å². The van der Waals surface area contributed by atoms with Crippen molar-refractivity contribution in [3.8, 4) is 0 Å². The van der Waals surface area contributed by atoms with E-state index in [-0.39, 0.29) is 0 Å². The van der Waals surface area contributed by atoms with Gasteiger partial charge in [-0.2, -0.15) is 0 Å². The largest absolute Gasteiger partial charge is 0.380 e. The fourth-order valence-electron chi connectivity index (χ4n) is 1.66. The molecule has 1 aromatic carbocycles. The third kappa shape index (κ3) is 3.27. The lowest BCUT2D eigenvalue weighted by atomic mass is 10.2. The molecule has 1 heterocycles. The first-order valence-electron chi connectivity index (χ1n) is 5.54. The van der Waals surface area contributed by atoms with E-state index in [4.69, 9.17) is 4.74 Å². The van der Waals surface area contributed by atoms with Crippen LogP contribution in [-0.2, 0) is 11.3 Å². The number of nitrogens with zero attached hydrogens (tertiary/aromatic N) is 2. The predicted octanol–water partition coefficient (Wildman–Crippen LogP) is 3.44. The second-order valence-corrected chi connectivity index (χ2v) is 4.65. The number of methoxy groups -OCH3 is 1. The summed E-state index contributed by atoms with van der Waals surface area (Å²) in [6, 6.07) is 9.83. The summed E-state index contributed by atoms with van der Waals surface area (Å²) >= 11 is 3.36. The Morgan fingerprint density at radius 2 is 2.06 bits per heavy atom. The highest BCUT2D eigenvalue weighted by atomic mass is 79.9. The van der Waals surface area contributed by atoms with E-state index in [1.54, 1.807) is 7.11 Å². The van der Waals surface area contributed by atoms with Gasteiger partial charge in [0.25, 0.3) is 0 Å². The van der Waals surface area contributed by atoms with E-state index in [9.17, 15) is 0 Å². The lowest BCUT2D eigenvalue weighted by Crippen LogP contribution is -2.00. The number of ether oxygens (including phenoxy) is 1. The van der Waals surface area contributed by atoms with Gasteiger partial charge in [0.15, 0.2) is 0 Å². The highest BCUT2D eigenvalue weighted by Crippen LogP contribution is 2.21. The maximum atomic E-state index is 5.17. The summed E-state index contributed by atoms with van der Waals surface area (Å²) in [6.45, 7) is 2.42. The van der Waals surface area contributed by atoms with E-state index in [1.165, 1.54) is 0 Å². The van der Waals surface area contributed by atoms with Crippen molar-refractivity contribution in [2.24, 2.45) is 0 Å². The Bertz CT molecular complexity index is 525. The lowest BCUT2D eigenvalue weighted by Gasteiger charge is -2.11. The summed E-state index contributed by atoms with van der Waals surface area (Å²) in [7, 11) is 1.68.